The van der Waals surface area contributed by atoms with Gasteiger partial charge in [0.15, 0.2) is 5.96 Å². The Bertz CT molecular complexity index is 752. The van der Waals surface area contributed by atoms with Gasteiger partial charge in [-0.15, -0.1) is 35.3 Å². The second-order valence-corrected chi connectivity index (χ2v) is 7.88. The minimum atomic E-state index is 0. The summed E-state index contributed by atoms with van der Waals surface area (Å²) in [5.74, 6) is 1.25. The van der Waals surface area contributed by atoms with Crippen LogP contribution in [0.5, 0.6) is 0 Å². The van der Waals surface area contributed by atoms with E-state index in [0.29, 0.717) is 38.8 Å². The van der Waals surface area contributed by atoms with E-state index >= 15 is 0 Å². The van der Waals surface area contributed by atoms with Gasteiger partial charge in [0.25, 0.3) is 0 Å². The van der Waals surface area contributed by atoms with E-state index in [2.05, 4.69) is 66.0 Å². The van der Waals surface area contributed by atoms with Gasteiger partial charge in [-0.25, -0.2) is 9.98 Å². The number of thiazole rings is 1. The second kappa shape index (κ2) is 15.6. The number of halogens is 1. The SMILES string of the molecule is CCNC(=NCc1cccc(COCCOCC)c1)NCc1nc(C(C)C)cs1.I. The van der Waals surface area contributed by atoms with Gasteiger partial charge >= 0.3 is 0 Å². The first-order valence-electron chi connectivity index (χ1n) is 10.3. The van der Waals surface area contributed by atoms with Crippen molar-refractivity contribution in [3.63, 3.8) is 0 Å². The molecule has 168 valence electrons. The molecule has 0 unspecified atom stereocenters. The normalized spacial score (nSPS) is 11.4. The zero-order valence-electron chi connectivity index (χ0n) is 18.4. The van der Waals surface area contributed by atoms with Crippen LogP contribution >= 0.6 is 35.3 Å². The molecule has 2 N–H and O–H groups in total. The van der Waals surface area contributed by atoms with Crippen molar-refractivity contribution in [2.24, 2.45) is 4.99 Å². The fraction of sp³-hybridized carbons (Fsp3) is 0.545. The molecule has 2 aromatic rings. The van der Waals surface area contributed by atoms with Crippen LogP contribution in [0.25, 0.3) is 0 Å². The van der Waals surface area contributed by atoms with E-state index in [9.17, 15) is 0 Å². The molecule has 0 aliphatic carbocycles. The summed E-state index contributed by atoms with van der Waals surface area (Å²) in [6.07, 6.45) is 0. The van der Waals surface area contributed by atoms with Crippen molar-refractivity contribution in [1.82, 2.24) is 15.6 Å². The highest BCUT2D eigenvalue weighted by atomic mass is 127. The molecule has 2 rings (SSSR count). The largest absolute Gasteiger partial charge is 0.379 e. The monoisotopic (exact) mass is 546 g/mol. The zero-order valence-corrected chi connectivity index (χ0v) is 21.6. The summed E-state index contributed by atoms with van der Waals surface area (Å²) in [6, 6.07) is 8.36. The number of aromatic nitrogens is 1. The van der Waals surface area contributed by atoms with E-state index in [0.717, 1.165) is 40.9 Å². The first-order chi connectivity index (χ1) is 14.1. The molecule has 1 heterocycles. The Hall–Kier alpha value is -1.23. The highest BCUT2D eigenvalue weighted by Crippen LogP contribution is 2.17. The average molecular weight is 547 g/mol. The predicted molar refractivity (Wildman–Crippen MR) is 136 cm³/mol. The average Bonchev–Trinajstić information content (AvgIpc) is 3.20. The van der Waals surface area contributed by atoms with Crippen LogP contribution in [0.15, 0.2) is 34.6 Å². The topological polar surface area (TPSA) is 67.8 Å². The summed E-state index contributed by atoms with van der Waals surface area (Å²) in [5, 5.41) is 9.88. The fourth-order valence-electron chi connectivity index (χ4n) is 2.61. The summed E-state index contributed by atoms with van der Waals surface area (Å²) in [7, 11) is 0. The molecule has 6 nitrogen and oxygen atoms in total. The minimum absolute atomic E-state index is 0. The molecule has 0 saturated heterocycles. The standard InChI is InChI=1S/C22H34N4O2S.HI/c1-5-23-22(25-14-21-26-20(16-29-21)17(3)4)24-13-18-8-7-9-19(12-18)15-28-11-10-27-6-2;/h7-9,12,16-17H,5-6,10-11,13-15H2,1-4H3,(H2,23,24,25);1H. The summed E-state index contributed by atoms with van der Waals surface area (Å²) in [4.78, 5) is 9.38. The Balaban J connectivity index is 0.00000450. The molecular weight excluding hydrogens is 511 g/mol. The maximum atomic E-state index is 5.66. The summed E-state index contributed by atoms with van der Waals surface area (Å²) >= 11 is 1.69. The summed E-state index contributed by atoms with van der Waals surface area (Å²) < 4.78 is 10.9. The molecule has 0 spiro atoms. The van der Waals surface area contributed by atoms with E-state index < -0.39 is 0 Å². The molecule has 0 radical (unpaired) electrons. The van der Waals surface area contributed by atoms with Gasteiger partial charge in [-0.1, -0.05) is 38.1 Å². The zero-order chi connectivity index (χ0) is 20.9. The summed E-state index contributed by atoms with van der Waals surface area (Å²) in [6.45, 7) is 13.0. The number of hydrogen-bond acceptors (Lipinski definition) is 5. The lowest BCUT2D eigenvalue weighted by atomic mass is 10.1. The van der Waals surface area contributed by atoms with Crippen LogP contribution in [0, 0.1) is 0 Å². The third kappa shape index (κ3) is 10.2. The lowest BCUT2D eigenvalue weighted by Gasteiger charge is -2.10. The van der Waals surface area contributed by atoms with E-state index in [4.69, 9.17) is 14.5 Å². The molecule has 0 saturated carbocycles. The maximum Gasteiger partial charge on any atom is 0.191 e. The van der Waals surface area contributed by atoms with Crippen molar-refractivity contribution in [3.8, 4) is 0 Å². The smallest absolute Gasteiger partial charge is 0.191 e. The predicted octanol–water partition coefficient (Wildman–Crippen LogP) is 4.69. The number of benzene rings is 1. The van der Waals surface area contributed by atoms with Gasteiger partial charge < -0.3 is 20.1 Å². The molecule has 0 aliphatic heterocycles. The minimum Gasteiger partial charge on any atom is -0.379 e. The van der Waals surface area contributed by atoms with Gasteiger partial charge in [0.1, 0.15) is 5.01 Å². The molecule has 0 amide bonds. The van der Waals surface area contributed by atoms with Crippen molar-refractivity contribution in [1.29, 1.82) is 0 Å². The molecule has 0 fully saturated rings. The number of guanidine groups is 1. The van der Waals surface area contributed by atoms with Crippen molar-refractivity contribution in [2.75, 3.05) is 26.4 Å². The van der Waals surface area contributed by atoms with Crippen LogP contribution < -0.4 is 10.6 Å². The first-order valence-corrected chi connectivity index (χ1v) is 11.2. The Morgan fingerprint density at radius 3 is 2.60 bits per heavy atom. The Morgan fingerprint density at radius 2 is 1.90 bits per heavy atom. The van der Waals surface area contributed by atoms with E-state index in [1.165, 1.54) is 0 Å². The summed E-state index contributed by atoms with van der Waals surface area (Å²) in [5.41, 5.74) is 3.45. The van der Waals surface area contributed by atoms with Gasteiger partial charge in [0, 0.05) is 18.5 Å². The Morgan fingerprint density at radius 1 is 1.13 bits per heavy atom. The first kappa shape index (κ1) is 26.8. The molecule has 8 heteroatoms. The number of ether oxygens (including phenoxy) is 2. The lowest BCUT2D eigenvalue weighted by molar-refractivity contribution is 0.0453. The number of hydrogen-bond donors (Lipinski definition) is 2. The van der Waals surface area contributed by atoms with E-state index in [-0.39, 0.29) is 24.0 Å². The molecule has 1 aromatic carbocycles. The molecule has 1 aromatic heterocycles. The number of nitrogens with zero attached hydrogens (tertiary/aromatic N) is 2. The molecular formula is C22H35IN4O2S. The van der Waals surface area contributed by atoms with Crippen LogP contribution in [0.3, 0.4) is 0 Å². The second-order valence-electron chi connectivity index (χ2n) is 6.94. The quantitative estimate of drug-likeness (QED) is 0.175. The van der Waals surface area contributed by atoms with Crippen LogP contribution in [-0.4, -0.2) is 37.3 Å². The van der Waals surface area contributed by atoms with Crippen LogP contribution in [0.4, 0.5) is 0 Å². The van der Waals surface area contributed by atoms with Crippen LogP contribution in [0.1, 0.15) is 55.4 Å². The Labute approximate surface area is 201 Å². The van der Waals surface area contributed by atoms with Crippen LogP contribution in [-0.2, 0) is 29.2 Å². The van der Waals surface area contributed by atoms with Crippen molar-refractivity contribution in [2.45, 2.75) is 53.3 Å². The van der Waals surface area contributed by atoms with Crippen LogP contribution in [0.2, 0.25) is 0 Å². The van der Waals surface area contributed by atoms with Gasteiger partial charge in [-0.05, 0) is 30.9 Å². The van der Waals surface area contributed by atoms with Gasteiger partial charge in [-0.2, -0.15) is 0 Å². The molecule has 0 aliphatic rings. The van der Waals surface area contributed by atoms with Crippen molar-refractivity contribution in [3.05, 3.63) is 51.5 Å². The number of nitrogens with one attached hydrogen (secondary N) is 2. The number of aliphatic imine (C=N–C) groups is 1. The van der Waals surface area contributed by atoms with Gasteiger partial charge in [0.05, 0.1) is 38.6 Å². The molecule has 0 bridgehead atoms. The fourth-order valence-corrected chi connectivity index (χ4v) is 3.51. The van der Waals surface area contributed by atoms with Crippen molar-refractivity contribution < 1.29 is 9.47 Å². The third-order valence-corrected chi connectivity index (χ3v) is 5.04. The van der Waals surface area contributed by atoms with Crippen molar-refractivity contribution >= 4 is 41.3 Å². The Kier molecular flexibility index (Phi) is 13.9. The van der Waals surface area contributed by atoms with E-state index in [1.54, 1.807) is 11.3 Å². The third-order valence-electron chi connectivity index (χ3n) is 4.17. The molecule has 0 atom stereocenters. The van der Waals surface area contributed by atoms with Gasteiger partial charge in [0.2, 0.25) is 0 Å². The molecule has 30 heavy (non-hydrogen) atoms. The highest BCUT2D eigenvalue weighted by Gasteiger charge is 2.06. The van der Waals surface area contributed by atoms with Gasteiger partial charge in [-0.3, -0.25) is 0 Å². The maximum absolute atomic E-state index is 5.66. The lowest BCUT2D eigenvalue weighted by Crippen LogP contribution is -2.36. The van der Waals surface area contributed by atoms with E-state index in [1.807, 2.05) is 6.92 Å². The number of rotatable bonds is 12. The highest BCUT2D eigenvalue weighted by molar-refractivity contribution is 14.0.